The van der Waals surface area contributed by atoms with Gasteiger partial charge in [-0.15, -0.1) is 0 Å². The molecule has 0 spiro atoms. The highest BCUT2D eigenvalue weighted by Crippen LogP contribution is 2.18. The van der Waals surface area contributed by atoms with Crippen LogP contribution in [0.2, 0.25) is 0 Å². The molecular formula is C61H118O6. The third-order valence-electron chi connectivity index (χ3n) is 14.0. The zero-order chi connectivity index (χ0) is 48.9. The highest BCUT2D eigenvalue weighted by atomic mass is 16.6. The van der Waals surface area contributed by atoms with Crippen molar-refractivity contribution in [1.29, 1.82) is 0 Å². The summed E-state index contributed by atoms with van der Waals surface area (Å²) < 4.78 is 16.9. The van der Waals surface area contributed by atoms with Crippen LogP contribution in [0.4, 0.5) is 0 Å². The van der Waals surface area contributed by atoms with Crippen LogP contribution in [0.25, 0.3) is 0 Å². The van der Waals surface area contributed by atoms with Crippen LogP contribution in [-0.4, -0.2) is 37.2 Å². The Morgan fingerprint density at radius 3 is 0.731 bits per heavy atom. The van der Waals surface area contributed by atoms with Crippen LogP contribution in [0.5, 0.6) is 0 Å². The first-order chi connectivity index (χ1) is 32.7. The summed E-state index contributed by atoms with van der Waals surface area (Å²) in [5, 5.41) is 0. The Labute approximate surface area is 418 Å². The van der Waals surface area contributed by atoms with Crippen molar-refractivity contribution in [2.24, 2.45) is 11.8 Å². The number of hydrogen-bond donors (Lipinski definition) is 0. The monoisotopic (exact) mass is 947 g/mol. The molecule has 0 fully saturated rings. The summed E-state index contributed by atoms with van der Waals surface area (Å²) in [4.78, 5) is 38.2. The fourth-order valence-electron chi connectivity index (χ4n) is 9.40. The van der Waals surface area contributed by atoms with Gasteiger partial charge in [-0.2, -0.15) is 0 Å². The molecule has 0 saturated heterocycles. The average Bonchev–Trinajstić information content (AvgIpc) is 3.30. The Bertz CT molecular complexity index is 1020. The van der Waals surface area contributed by atoms with Crippen molar-refractivity contribution in [1.82, 2.24) is 0 Å². The molecule has 0 aromatic heterocycles. The van der Waals surface area contributed by atoms with Gasteiger partial charge in [0.25, 0.3) is 0 Å². The second kappa shape index (κ2) is 53.8. The van der Waals surface area contributed by atoms with Crippen molar-refractivity contribution in [3.63, 3.8) is 0 Å². The fraction of sp³-hybridized carbons (Fsp3) is 0.951. The summed E-state index contributed by atoms with van der Waals surface area (Å²) in [6, 6.07) is 0. The Balaban J connectivity index is 4.27. The lowest BCUT2D eigenvalue weighted by Crippen LogP contribution is -2.30. The van der Waals surface area contributed by atoms with E-state index >= 15 is 0 Å². The van der Waals surface area contributed by atoms with Gasteiger partial charge in [0, 0.05) is 19.3 Å². The molecule has 0 rings (SSSR count). The van der Waals surface area contributed by atoms with Crippen molar-refractivity contribution < 1.29 is 28.6 Å². The van der Waals surface area contributed by atoms with Crippen molar-refractivity contribution >= 4 is 17.9 Å². The fourth-order valence-corrected chi connectivity index (χ4v) is 9.40. The third kappa shape index (κ3) is 55.2. The summed E-state index contributed by atoms with van der Waals surface area (Å²) in [5.74, 6) is 0.835. The van der Waals surface area contributed by atoms with Crippen molar-refractivity contribution in [3.8, 4) is 0 Å². The lowest BCUT2D eigenvalue weighted by atomic mass is 10.0. The number of hydrogen-bond acceptors (Lipinski definition) is 6. The summed E-state index contributed by atoms with van der Waals surface area (Å²) in [7, 11) is 0. The van der Waals surface area contributed by atoms with Crippen LogP contribution in [0.15, 0.2) is 0 Å². The molecule has 0 amide bonds. The van der Waals surface area contributed by atoms with Crippen LogP contribution in [0.3, 0.4) is 0 Å². The van der Waals surface area contributed by atoms with E-state index in [0.29, 0.717) is 19.3 Å². The zero-order valence-electron chi connectivity index (χ0n) is 46.0. The summed E-state index contributed by atoms with van der Waals surface area (Å²) in [6.07, 6.45) is 58.1. The first-order valence-electron chi connectivity index (χ1n) is 30.2. The lowest BCUT2D eigenvalue weighted by molar-refractivity contribution is -0.167. The number of carbonyl (C=O) groups excluding carboxylic acids is 3. The number of carbonyl (C=O) groups is 3. The Morgan fingerprint density at radius 2 is 0.493 bits per heavy atom. The average molecular weight is 948 g/mol. The second-order valence-electron chi connectivity index (χ2n) is 21.9. The van der Waals surface area contributed by atoms with E-state index in [4.69, 9.17) is 14.2 Å². The van der Waals surface area contributed by atoms with Gasteiger partial charge in [-0.25, -0.2) is 0 Å². The molecule has 0 unspecified atom stereocenters. The van der Waals surface area contributed by atoms with Gasteiger partial charge in [0.15, 0.2) is 6.10 Å². The molecule has 0 aromatic rings. The van der Waals surface area contributed by atoms with E-state index in [1.807, 2.05) is 0 Å². The van der Waals surface area contributed by atoms with E-state index in [2.05, 4.69) is 34.6 Å². The molecule has 0 bridgehead atoms. The minimum absolute atomic E-state index is 0.0624. The molecule has 0 radical (unpaired) electrons. The molecule has 6 heteroatoms. The lowest BCUT2D eigenvalue weighted by Gasteiger charge is -2.18. The molecule has 67 heavy (non-hydrogen) atoms. The molecule has 0 N–H and O–H groups in total. The van der Waals surface area contributed by atoms with E-state index < -0.39 is 6.10 Å². The van der Waals surface area contributed by atoms with E-state index in [9.17, 15) is 14.4 Å². The Kier molecular flexibility index (Phi) is 52.5. The SMILES string of the molecule is CCCCCCCCCCCCCCCCCCCC(=O)O[C@H](COC(=O)CCCCCCCCCCCCCCCCCCC(C)C)COC(=O)CCCCCCCCCCCCC(C)C. The quantitative estimate of drug-likeness (QED) is 0.0343. The summed E-state index contributed by atoms with van der Waals surface area (Å²) >= 11 is 0. The third-order valence-corrected chi connectivity index (χ3v) is 14.0. The number of rotatable bonds is 55. The van der Waals surface area contributed by atoms with Crippen LogP contribution in [0, 0.1) is 11.8 Å². The second-order valence-corrected chi connectivity index (χ2v) is 21.9. The van der Waals surface area contributed by atoms with Gasteiger partial charge in [0.1, 0.15) is 13.2 Å². The van der Waals surface area contributed by atoms with Gasteiger partial charge >= 0.3 is 17.9 Å². The molecule has 0 aliphatic rings. The first kappa shape index (κ1) is 65.4. The number of ether oxygens (including phenoxy) is 3. The predicted octanol–water partition coefficient (Wildman–Crippen LogP) is 20.0. The molecule has 0 aliphatic heterocycles. The Morgan fingerprint density at radius 1 is 0.284 bits per heavy atom. The maximum Gasteiger partial charge on any atom is 0.306 e. The maximum absolute atomic E-state index is 12.9. The van der Waals surface area contributed by atoms with E-state index in [-0.39, 0.29) is 31.1 Å². The van der Waals surface area contributed by atoms with Crippen molar-refractivity contribution in [2.45, 2.75) is 349 Å². The van der Waals surface area contributed by atoms with E-state index in [1.165, 1.54) is 231 Å². The van der Waals surface area contributed by atoms with Gasteiger partial charge < -0.3 is 14.2 Å². The topological polar surface area (TPSA) is 78.9 Å². The van der Waals surface area contributed by atoms with Crippen molar-refractivity contribution in [3.05, 3.63) is 0 Å². The smallest absolute Gasteiger partial charge is 0.306 e. The normalized spacial score (nSPS) is 12.0. The molecule has 6 nitrogen and oxygen atoms in total. The van der Waals surface area contributed by atoms with Crippen LogP contribution in [0.1, 0.15) is 343 Å². The highest BCUT2D eigenvalue weighted by molar-refractivity contribution is 5.71. The largest absolute Gasteiger partial charge is 0.462 e. The standard InChI is InChI=1S/C61H118O6/c1-6-7-8-9-10-11-12-13-14-15-20-23-26-33-38-43-48-53-61(64)67-58(55-66-60(63)52-47-42-37-32-28-27-30-35-40-45-50-57(4)5)54-65-59(62)51-46-41-36-31-25-22-19-17-16-18-21-24-29-34-39-44-49-56(2)3/h56-58H,6-55H2,1-5H3/t58-/m1/s1. The minimum atomic E-state index is -0.763. The molecule has 0 saturated carbocycles. The van der Waals surface area contributed by atoms with Gasteiger partial charge in [-0.05, 0) is 31.1 Å². The van der Waals surface area contributed by atoms with Crippen LogP contribution >= 0.6 is 0 Å². The molecule has 0 aliphatic carbocycles. The minimum Gasteiger partial charge on any atom is -0.462 e. The van der Waals surface area contributed by atoms with Gasteiger partial charge in [-0.1, -0.05) is 304 Å². The number of esters is 3. The van der Waals surface area contributed by atoms with Gasteiger partial charge in [0.2, 0.25) is 0 Å². The van der Waals surface area contributed by atoms with Gasteiger partial charge in [-0.3, -0.25) is 14.4 Å². The highest BCUT2D eigenvalue weighted by Gasteiger charge is 2.19. The Hall–Kier alpha value is -1.59. The molecule has 0 heterocycles. The first-order valence-corrected chi connectivity index (χ1v) is 30.2. The number of unbranched alkanes of at least 4 members (excludes halogenated alkanes) is 40. The van der Waals surface area contributed by atoms with Crippen LogP contribution in [-0.2, 0) is 28.6 Å². The van der Waals surface area contributed by atoms with Crippen molar-refractivity contribution in [2.75, 3.05) is 13.2 Å². The van der Waals surface area contributed by atoms with Gasteiger partial charge in [0.05, 0.1) is 0 Å². The molecule has 0 aromatic carbocycles. The summed E-state index contributed by atoms with van der Waals surface area (Å²) in [6.45, 7) is 11.4. The summed E-state index contributed by atoms with van der Waals surface area (Å²) in [5.41, 5.74) is 0. The zero-order valence-corrected chi connectivity index (χ0v) is 46.0. The molecule has 1 atom stereocenters. The van der Waals surface area contributed by atoms with E-state index in [1.54, 1.807) is 0 Å². The maximum atomic E-state index is 12.9. The predicted molar refractivity (Wildman–Crippen MR) is 289 cm³/mol. The molecule has 398 valence electrons. The molecular weight excluding hydrogens is 829 g/mol. The van der Waals surface area contributed by atoms with Crippen LogP contribution < -0.4 is 0 Å². The van der Waals surface area contributed by atoms with E-state index in [0.717, 1.165) is 69.6 Å².